The van der Waals surface area contributed by atoms with Crippen LogP contribution < -0.4 is 4.74 Å². The van der Waals surface area contributed by atoms with Crippen molar-refractivity contribution in [3.05, 3.63) is 63.2 Å². The second-order valence-corrected chi connectivity index (χ2v) is 4.18. The van der Waals surface area contributed by atoms with Crippen LogP contribution in [0.25, 0.3) is 0 Å². The van der Waals surface area contributed by atoms with E-state index in [2.05, 4.69) is 0 Å². The van der Waals surface area contributed by atoms with Crippen molar-refractivity contribution in [3.8, 4) is 11.5 Å². The third kappa shape index (κ3) is 2.86. The van der Waals surface area contributed by atoms with Crippen LogP contribution in [0.1, 0.15) is 10.4 Å². The SMILES string of the molecule is O=C(Oc1ccc(O)c([N+](=O)[O-])c1)c1ccccc1Cl. The number of aromatic hydroxyl groups is 1. The number of phenols is 1. The van der Waals surface area contributed by atoms with E-state index in [4.69, 9.17) is 16.3 Å². The molecule has 0 heterocycles. The molecular formula is C13H8ClNO5. The van der Waals surface area contributed by atoms with Gasteiger partial charge < -0.3 is 9.84 Å². The van der Waals surface area contributed by atoms with Crippen molar-refractivity contribution in [1.29, 1.82) is 0 Å². The number of benzene rings is 2. The van der Waals surface area contributed by atoms with Gasteiger partial charge in [0.2, 0.25) is 0 Å². The van der Waals surface area contributed by atoms with Gasteiger partial charge in [-0.05, 0) is 24.3 Å². The number of carbonyl (C=O) groups excluding carboxylic acids is 1. The third-order valence-corrected chi connectivity index (χ3v) is 2.78. The first kappa shape index (κ1) is 13.8. The summed E-state index contributed by atoms with van der Waals surface area (Å²) in [5.41, 5.74) is -0.403. The number of rotatable bonds is 3. The number of phenolic OH excluding ortho intramolecular Hbond substituents is 1. The van der Waals surface area contributed by atoms with Gasteiger partial charge in [-0.3, -0.25) is 10.1 Å². The fourth-order valence-corrected chi connectivity index (χ4v) is 1.71. The Kier molecular flexibility index (Phi) is 3.86. The Hall–Kier alpha value is -2.60. The van der Waals surface area contributed by atoms with Crippen molar-refractivity contribution in [2.24, 2.45) is 0 Å². The van der Waals surface area contributed by atoms with E-state index in [9.17, 15) is 20.0 Å². The smallest absolute Gasteiger partial charge is 0.345 e. The summed E-state index contributed by atoms with van der Waals surface area (Å²) >= 11 is 5.84. The number of halogens is 1. The number of nitro groups is 1. The van der Waals surface area contributed by atoms with Crippen LogP contribution in [0.5, 0.6) is 11.5 Å². The number of esters is 1. The Balaban J connectivity index is 2.27. The highest BCUT2D eigenvalue weighted by molar-refractivity contribution is 6.33. The van der Waals surface area contributed by atoms with Crippen LogP contribution in [0.4, 0.5) is 5.69 Å². The Labute approximate surface area is 118 Å². The minimum atomic E-state index is -0.776. The number of nitrogens with zero attached hydrogens (tertiary/aromatic N) is 1. The number of carbonyl (C=O) groups is 1. The molecule has 0 saturated carbocycles. The van der Waals surface area contributed by atoms with Gasteiger partial charge in [0.25, 0.3) is 0 Å². The normalized spacial score (nSPS) is 10.1. The van der Waals surface area contributed by atoms with E-state index < -0.39 is 22.3 Å². The summed E-state index contributed by atoms with van der Waals surface area (Å²) in [4.78, 5) is 21.8. The summed E-state index contributed by atoms with van der Waals surface area (Å²) in [6, 6.07) is 9.55. The summed E-state index contributed by atoms with van der Waals surface area (Å²) in [5.74, 6) is -1.30. The van der Waals surface area contributed by atoms with Gasteiger partial charge in [-0.1, -0.05) is 23.7 Å². The molecule has 0 amide bonds. The molecule has 0 atom stereocenters. The lowest BCUT2D eigenvalue weighted by Crippen LogP contribution is -2.09. The first-order valence-electron chi connectivity index (χ1n) is 5.43. The molecule has 2 aromatic rings. The van der Waals surface area contributed by atoms with Crippen LogP contribution >= 0.6 is 11.6 Å². The van der Waals surface area contributed by atoms with E-state index in [1.807, 2.05) is 0 Å². The maximum Gasteiger partial charge on any atom is 0.345 e. The molecule has 1 N–H and O–H groups in total. The molecule has 2 aromatic carbocycles. The standard InChI is InChI=1S/C13H8ClNO5/c14-10-4-2-1-3-9(10)13(17)20-8-5-6-12(16)11(7-8)15(18)19/h1-7,16H. The first-order chi connectivity index (χ1) is 9.49. The molecule has 7 heteroatoms. The zero-order valence-electron chi connectivity index (χ0n) is 9.95. The van der Waals surface area contributed by atoms with Gasteiger partial charge in [-0.15, -0.1) is 0 Å². The molecule has 0 fully saturated rings. The van der Waals surface area contributed by atoms with E-state index in [-0.39, 0.29) is 16.3 Å². The fraction of sp³-hybridized carbons (Fsp3) is 0. The molecule has 0 aliphatic rings. The molecule has 0 aliphatic carbocycles. The predicted octanol–water partition coefficient (Wildman–Crippen LogP) is 3.17. The monoisotopic (exact) mass is 293 g/mol. The van der Waals surface area contributed by atoms with E-state index in [0.29, 0.717) is 0 Å². The molecule has 6 nitrogen and oxygen atoms in total. The molecule has 0 bridgehead atoms. The van der Waals surface area contributed by atoms with Crippen LogP contribution in [-0.2, 0) is 0 Å². The topological polar surface area (TPSA) is 89.7 Å². The predicted molar refractivity (Wildman–Crippen MR) is 71.2 cm³/mol. The molecule has 0 spiro atoms. The van der Waals surface area contributed by atoms with Gasteiger partial charge in [0, 0.05) is 0 Å². The summed E-state index contributed by atoms with van der Waals surface area (Å²) < 4.78 is 4.99. The summed E-state index contributed by atoms with van der Waals surface area (Å²) in [6.45, 7) is 0. The van der Waals surface area contributed by atoms with Gasteiger partial charge in [0.1, 0.15) is 5.75 Å². The lowest BCUT2D eigenvalue weighted by molar-refractivity contribution is -0.385. The Morgan fingerprint density at radius 3 is 2.60 bits per heavy atom. The molecule has 0 aliphatic heterocycles. The lowest BCUT2D eigenvalue weighted by Gasteiger charge is -2.06. The zero-order chi connectivity index (χ0) is 14.7. The third-order valence-electron chi connectivity index (χ3n) is 2.45. The number of hydrogen-bond acceptors (Lipinski definition) is 5. The van der Waals surface area contributed by atoms with E-state index >= 15 is 0 Å². The Morgan fingerprint density at radius 2 is 1.95 bits per heavy atom. The molecule has 20 heavy (non-hydrogen) atoms. The summed E-state index contributed by atoms with van der Waals surface area (Å²) in [5, 5.41) is 20.2. The fourth-order valence-electron chi connectivity index (χ4n) is 1.50. The highest BCUT2D eigenvalue weighted by Gasteiger charge is 2.17. The number of hydrogen-bond donors (Lipinski definition) is 1. The molecule has 0 saturated heterocycles. The van der Waals surface area contributed by atoms with Gasteiger partial charge in [-0.2, -0.15) is 0 Å². The van der Waals surface area contributed by atoms with E-state index in [1.165, 1.54) is 18.2 Å². The van der Waals surface area contributed by atoms with E-state index in [0.717, 1.165) is 12.1 Å². The van der Waals surface area contributed by atoms with Crippen LogP contribution in [0.2, 0.25) is 5.02 Å². The van der Waals surface area contributed by atoms with Crippen LogP contribution in [-0.4, -0.2) is 16.0 Å². The van der Waals surface area contributed by atoms with Crippen molar-refractivity contribution < 1.29 is 19.6 Å². The summed E-state index contributed by atoms with van der Waals surface area (Å²) in [6.07, 6.45) is 0. The molecular weight excluding hydrogens is 286 g/mol. The average molecular weight is 294 g/mol. The van der Waals surface area contributed by atoms with Gasteiger partial charge in [0.05, 0.1) is 21.6 Å². The van der Waals surface area contributed by atoms with Gasteiger partial charge in [-0.25, -0.2) is 4.79 Å². The van der Waals surface area contributed by atoms with Crippen molar-refractivity contribution in [1.82, 2.24) is 0 Å². The molecule has 0 radical (unpaired) electrons. The minimum Gasteiger partial charge on any atom is -0.502 e. The van der Waals surface area contributed by atoms with Gasteiger partial charge >= 0.3 is 11.7 Å². The van der Waals surface area contributed by atoms with Crippen LogP contribution in [0, 0.1) is 10.1 Å². The average Bonchev–Trinajstić information content (AvgIpc) is 2.41. The van der Waals surface area contributed by atoms with Crippen LogP contribution in [0.3, 0.4) is 0 Å². The second kappa shape index (κ2) is 5.58. The zero-order valence-corrected chi connectivity index (χ0v) is 10.7. The Bertz CT molecular complexity index is 686. The minimum absolute atomic E-state index is 0.0561. The van der Waals surface area contributed by atoms with Crippen LogP contribution in [0.15, 0.2) is 42.5 Å². The highest BCUT2D eigenvalue weighted by Crippen LogP contribution is 2.30. The number of nitro benzene ring substituents is 1. The maximum atomic E-state index is 11.9. The van der Waals surface area contributed by atoms with Crippen molar-refractivity contribution in [3.63, 3.8) is 0 Å². The lowest BCUT2D eigenvalue weighted by atomic mass is 10.2. The molecule has 102 valence electrons. The first-order valence-corrected chi connectivity index (χ1v) is 5.81. The molecule has 0 unspecified atom stereocenters. The quantitative estimate of drug-likeness (QED) is 0.406. The Morgan fingerprint density at radius 1 is 1.25 bits per heavy atom. The van der Waals surface area contributed by atoms with Gasteiger partial charge in [0.15, 0.2) is 5.75 Å². The largest absolute Gasteiger partial charge is 0.502 e. The van der Waals surface area contributed by atoms with Crippen molar-refractivity contribution >= 4 is 23.3 Å². The number of ether oxygens (including phenoxy) is 1. The molecule has 2 rings (SSSR count). The van der Waals surface area contributed by atoms with Crippen molar-refractivity contribution in [2.45, 2.75) is 0 Å². The highest BCUT2D eigenvalue weighted by atomic mass is 35.5. The summed E-state index contributed by atoms with van der Waals surface area (Å²) in [7, 11) is 0. The second-order valence-electron chi connectivity index (χ2n) is 3.78. The molecule has 0 aromatic heterocycles. The maximum absolute atomic E-state index is 11.9. The van der Waals surface area contributed by atoms with E-state index in [1.54, 1.807) is 12.1 Å². The van der Waals surface area contributed by atoms with Crippen molar-refractivity contribution in [2.75, 3.05) is 0 Å².